The van der Waals surface area contributed by atoms with Gasteiger partial charge in [-0.25, -0.2) is 0 Å². The van der Waals surface area contributed by atoms with Gasteiger partial charge in [0.15, 0.2) is 0 Å². The van der Waals surface area contributed by atoms with Crippen LogP contribution in [-0.4, -0.2) is 20.4 Å². The molecule has 0 radical (unpaired) electrons. The van der Waals surface area contributed by atoms with Gasteiger partial charge in [-0.2, -0.15) is 0 Å². The Morgan fingerprint density at radius 3 is 1.50 bits per heavy atom. The average molecular weight is 585 g/mol. The molecule has 0 aromatic heterocycles. The summed E-state index contributed by atoms with van der Waals surface area (Å²) in [6.07, 6.45) is 4.87. The Morgan fingerprint density at radius 1 is 0.591 bits per heavy atom. The van der Waals surface area contributed by atoms with E-state index in [1.165, 1.54) is 22.8 Å². The van der Waals surface area contributed by atoms with E-state index in [2.05, 4.69) is 69.0 Å². The number of benzene rings is 5. The van der Waals surface area contributed by atoms with Gasteiger partial charge in [0.05, 0.1) is 0 Å². The number of aliphatic hydroxyl groups is 1. The van der Waals surface area contributed by atoms with Gasteiger partial charge in [0.2, 0.25) is 0 Å². The predicted molar refractivity (Wildman–Crippen MR) is 184 cm³/mol. The molecule has 44 heavy (non-hydrogen) atoms. The monoisotopic (exact) mass is 584 g/mol. The van der Waals surface area contributed by atoms with E-state index in [1.807, 2.05) is 25.1 Å². The highest BCUT2D eigenvalue weighted by molar-refractivity contribution is 5.80. The van der Waals surface area contributed by atoms with Crippen molar-refractivity contribution in [3.05, 3.63) is 169 Å². The van der Waals surface area contributed by atoms with Crippen molar-refractivity contribution in [1.29, 1.82) is 0 Å². The number of allylic oxidation sites excluding steroid dienone is 4. The van der Waals surface area contributed by atoms with Crippen LogP contribution in [0.1, 0.15) is 37.8 Å². The summed E-state index contributed by atoms with van der Waals surface area (Å²) in [5, 5.41) is 38.4. The molecule has 0 amide bonds. The molecule has 5 rings (SSSR count). The minimum atomic E-state index is 0.0506. The third-order valence-corrected chi connectivity index (χ3v) is 6.78. The molecule has 0 heterocycles. The number of rotatable bonds is 6. The molecule has 5 aromatic carbocycles. The molecule has 0 saturated carbocycles. The normalized spacial score (nSPS) is 11.1. The van der Waals surface area contributed by atoms with Gasteiger partial charge in [-0.3, -0.25) is 0 Å². The second-order valence-electron chi connectivity index (χ2n) is 10.2. The largest absolute Gasteiger partial charge is 0.507 e. The van der Waals surface area contributed by atoms with E-state index in [1.54, 1.807) is 72.8 Å². The van der Waals surface area contributed by atoms with Crippen molar-refractivity contribution in [3.63, 3.8) is 0 Å². The number of phenols is 3. The van der Waals surface area contributed by atoms with E-state index >= 15 is 0 Å². The van der Waals surface area contributed by atoms with Crippen LogP contribution in [0.2, 0.25) is 0 Å². The summed E-state index contributed by atoms with van der Waals surface area (Å²) in [4.78, 5) is 0. The van der Waals surface area contributed by atoms with Crippen molar-refractivity contribution in [3.8, 4) is 39.5 Å². The summed E-state index contributed by atoms with van der Waals surface area (Å²) in [5.41, 5.74) is 6.41. The van der Waals surface area contributed by atoms with Crippen LogP contribution in [0.3, 0.4) is 0 Å². The van der Waals surface area contributed by atoms with Crippen LogP contribution in [0, 0.1) is 0 Å². The van der Waals surface area contributed by atoms with Gasteiger partial charge < -0.3 is 20.4 Å². The maximum Gasteiger partial charge on any atom is 0.123 e. The number of para-hydroxylation sites is 3. The van der Waals surface area contributed by atoms with E-state index < -0.39 is 0 Å². The zero-order valence-electron chi connectivity index (χ0n) is 25.4. The molecule has 0 spiro atoms. The molecule has 4 N–H and O–H groups in total. The lowest BCUT2D eigenvalue weighted by atomic mass is 9.99. The Balaban J connectivity index is 0.000000180. The standard InChI is InChI=1S/C15H16.C13H14O2.C12H10O2/c1-12(2)13-8-10-15(11-9-13)14-6-4-3-5-7-14;1-3-7-10(12(14)4-2)11-8-5-6-9-13(11)15;13-11-7-3-1-5-9(11)10-6-2-4-8-12(10)14/h3-12H,1-2H3;3-9,14-15H,2H2,1H3;1-8,13-14H/b;7-3-,12-10-;. The summed E-state index contributed by atoms with van der Waals surface area (Å²) >= 11 is 0. The number of aromatic hydroxyl groups is 3. The van der Waals surface area contributed by atoms with Crippen LogP contribution in [0.25, 0.3) is 27.8 Å². The van der Waals surface area contributed by atoms with Crippen LogP contribution in [-0.2, 0) is 0 Å². The molecule has 0 aliphatic heterocycles. The number of hydrogen-bond acceptors (Lipinski definition) is 4. The van der Waals surface area contributed by atoms with Crippen molar-refractivity contribution < 1.29 is 20.4 Å². The molecule has 0 aliphatic rings. The third-order valence-electron chi connectivity index (χ3n) is 6.78. The zero-order valence-corrected chi connectivity index (χ0v) is 25.4. The van der Waals surface area contributed by atoms with Gasteiger partial charge in [-0.1, -0.05) is 142 Å². The fourth-order valence-electron chi connectivity index (χ4n) is 4.39. The topological polar surface area (TPSA) is 80.9 Å². The summed E-state index contributed by atoms with van der Waals surface area (Å²) in [7, 11) is 0. The maximum absolute atomic E-state index is 9.64. The van der Waals surface area contributed by atoms with Crippen LogP contribution in [0.5, 0.6) is 17.2 Å². The SMILES string of the molecule is C=C/C(O)=C(\C=C/C)c1ccccc1O.CC(C)c1ccc(-c2ccccc2)cc1.Oc1ccccc1-c1ccccc1O. The molecule has 0 atom stereocenters. The Morgan fingerprint density at radius 2 is 1.05 bits per heavy atom. The van der Waals surface area contributed by atoms with Gasteiger partial charge in [0, 0.05) is 22.3 Å². The van der Waals surface area contributed by atoms with Crippen LogP contribution in [0.4, 0.5) is 0 Å². The van der Waals surface area contributed by atoms with Gasteiger partial charge >= 0.3 is 0 Å². The first-order valence-electron chi connectivity index (χ1n) is 14.4. The van der Waals surface area contributed by atoms with E-state index in [4.69, 9.17) is 0 Å². The van der Waals surface area contributed by atoms with Gasteiger partial charge in [0.1, 0.15) is 23.0 Å². The smallest absolute Gasteiger partial charge is 0.123 e. The first-order chi connectivity index (χ1) is 21.3. The number of phenolic OH excluding ortho intramolecular Hbond substituents is 3. The van der Waals surface area contributed by atoms with Gasteiger partial charge in [-0.05, 0) is 53.8 Å². The summed E-state index contributed by atoms with van der Waals surface area (Å²) in [5.74, 6) is 1.14. The molecule has 0 fully saturated rings. The fraction of sp³-hybridized carbons (Fsp3) is 0.100. The fourth-order valence-corrected chi connectivity index (χ4v) is 4.39. The first kappa shape index (κ1) is 33.0. The first-order valence-corrected chi connectivity index (χ1v) is 14.4. The average Bonchev–Trinajstić information content (AvgIpc) is 3.05. The number of hydrogen-bond donors (Lipinski definition) is 4. The lowest BCUT2D eigenvalue weighted by molar-refractivity contribution is 0.434. The van der Waals surface area contributed by atoms with E-state index in [9.17, 15) is 20.4 Å². The number of aliphatic hydroxyl groups excluding tert-OH is 1. The third kappa shape index (κ3) is 9.27. The van der Waals surface area contributed by atoms with Crippen molar-refractivity contribution in [1.82, 2.24) is 0 Å². The molecule has 4 nitrogen and oxygen atoms in total. The highest BCUT2D eigenvalue weighted by Gasteiger charge is 2.08. The zero-order chi connectivity index (χ0) is 31.9. The highest BCUT2D eigenvalue weighted by Crippen LogP contribution is 2.34. The molecular formula is C40H40O4. The van der Waals surface area contributed by atoms with Gasteiger partial charge in [0.25, 0.3) is 0 Å². The molecule has 0 unspecified atom stereocenters. The van der Waals surface area contributed by atoms with E-state index in [0.717, 1.165) is 0 Å². The molecular weight excluding hydrogens is 544 g/mol. The Kier molecular flexibility index (Phi) is 12.6. The minimum Gasteiger partial charge on any atom is -0.507 e. The highest BCUT2D eigenvalue weighted by atomic mass is 16.3. The second kappa shape index (κ2) is 16.8. The molecule has 5 aromatic rings. The Hall–Kier alpha value is -5.48. The predicted octanol–water partition coefficient (Wildman–Crippen LogP) is 10.7. The Labute approximate surface area is 260 Å². The lowest BCUT2D eigenvalue weighted by Crippen LogP contribution is -1.87. The molecule has 224 valence electrons. The summed E-state index contributed by atoms with van der Waals surface area (Å²) in [6.45, 7) is 9.78. The van der Waals surface area contributed by atoms with Crippen molar-refractivity contribution in [2.24, 2.45) is 0 Å². The maximum atomic E-state index is 9.64. The Bertz CT molecular complexity index is 1640. The molecule has 4 heteroatoms. The quantitative estimate of drug-likeness (QED) is 0.118. The van der Waals surface area contributed by atoms with Crippen LogP contribution >= 0.6 is 0 Å². The van der Waals surface area contributed by atoms with Crippen LogP contribution < -0.4 is 0 Å². The molecule has 0 saturated heterocycles. The van der Waals surface area contributed by atoms with Gasteiger partial charge in [-0.15, -0.1) is 0 Å². The van der Waals surface area contributed by atoms with E-state index in [0.29, 0.717) is 28.2 Å². The second-order valence-corrected chi connectivity index (χ2v) is 10.2. The van der Waals surface area contributed by atoms with Crippen LogP contribution in [0.15, 0.2) is 158 Å². The van der Waals surface area contributed by atoms with E-state index in [-0.39, 0.29) is 23.0 Å². The van der Waals surface area contributed by atoms with Crippen molar-refractivity contribution >= 4 is 5.57 Å². The summed E-state index contributed by atoms with van der Waals surface area (Å²) in [6, 6.07) is 40.0. The lowest BCUT2D eigenvalue weighted by Gasteiger charge is -2.06. The minimum absolute atomic E-state index is 0.0506. The summed E-state index contributed by atoms with van der Waals surface area (Å²) < 4.78 is 0. The molecule has 0 bridgehead atoms. The van der Waals surface area contributed by atoms with Crippen molar-refractivity contribution in [2.75, 3.05) is 0 Å². The van der Waals surface area contributed by atoms with Crippen molar-refractivity contribution in [2.45, 2.75) is 26.7 Å². The molecule has 0 aliphatic carbocycles.